The fourth-order valence-electron chi connectivity index (χ4n) is 2.52. The van der Waals surface area contributed by atoms with E-state index in [4.69, 9.17) is 19.9 Å². The molecule has 0 bridgehead atoms. The first-order valence-corrected chi connectivity index (χ1v) is 6.32. The minimum absolute atomic E-state index is 0.0694. The molecule has 2 rings (SSSR count). The molecule has 2 N–H and O–H groups in total. The summed E-state index contributed by atoms with van der Waals surface area (Å²) in [4.78, 5) is 0. The highest BCUT2D eigenvalue weighted by Gasteiger charge is 2.27. The number of hydrogen-bond acceptors (Lipinski definition) is 4. The van der Waals surface area contributed by atoms with Crippen LogP contribution in [0.25, 0.3) is 0 Å². The molecular formula is C14H21NO3. The largest absolute Gasteiger partial charge is 0.496 e. The standard InChI is InChI=1S/C14H21NO3/c1-16-11-4-3-5-12(17-2)13(11)14(15)10-6-8-18-9-7-10/h3-5,10,14H,6-9,15H2,1-2H3. The van der Waals surface area contributed by atoms with Gasteiger partial charge in [-0.3, -0.25) is 0 Å². The molecule has 1 heterocycles. The average Bonchev–Trinajstić information content (AvgIpc) is 2.46. The summed E-state index contributed by atoms with van der Waals surface area (Å²) in [5.74, 6) is 2.02. The van der Waals surface area contributed by atoms with Gasteiger partial charge in [-0.05, 0) is 30.9 Å². The minimum atomic E-state index is -0.0694. The lowest BCUT2D eigenvalue weighted by Gasteiger charge is -2.29. The molecule has 1 saturated heterocycles. The van der Waals surface area contributed by atoms with Crippen LogP contribution in [0.5, 0.6) is 11.5 Å². The molecule has 18 heavy (non-hydrogen) atoms. The quantitative estimate of drug-likeness (QED) is 0.890. The lowest BCUT2D eigenvalue weighted by Crippen LogP contribution is -2.28. The van der Waals surface area contributed by atoms with Crippen LogP contribution in [0.4, 0.5) is 0 Å². The third-order valence-corrected chi connectivity index (χ3v) is 3.57. The van der Waals surface area contributed by atoms with Crippen molar-refractivity contribution in [2.24, 2.45) is 11.7 Å². The first-order valence-electron chi connectivity index (χ1n) is 6.32. The summed E-state index contributed by atoms with van der Waals surface area (Å²) < 4.78 is 16.2. The summed E-state index contributed by atoms with van der Waals surface area (Å²) in [6.07, 6.45) is 1.98. The van der Waals surface area contributed by atoms with E-state index in [1.807, 2.05) is 18.2 Å². The minimum Gasteiger partial charge on any atom is -0.496 e. The van der Waals surface area contributed by atoms with E-state index in [0.717, 1.165) is 43.1 Å². The number of rotatable bonds is 4. The van der Waals surface area contributed by atoms with Crippen LogP contribution in [-0.2, 0) is 4.74 Å². The van der Waals surface area contributed by atoms with E-state index in [0.29, 0.717) is 5.92 Å². The molecule has 100 valence electrons. The number of nitrogens with two attached hydrogens (primary N) is 1. The Morgan fingerprint density at radius 2 is 1.72 bits per heavy atom. The van der Waals surface area contributed by atoms with Crippen molar-refractivity contribution in [1.82, 2.24) is 0 Å². The molecule has 1 aliphatic rings. The fraction of sp³-hybridized carbons (Fsp3) is 0.571. The molecule has 1 aromatic rings. The maximum atomic E-state index is 6.41. The second-order valence-corrected chi connectivity index (χ2v) is 4.55. The molecule has 4 heteroatoms. The van der Waals surface area contributed by atoms with Crippen LogP contribution in [0, 0.1) is 5.92 Å². The Hall–Kier alpha value is -1.26. The Kier molecular flexibility index (Phi) is 4.44. The number of hydrogen-bond donors (Lipinski definition) is 1. The summed E-state index contributed by atoms with van der Waals surface area (Å²) in [5.41, 5.74) is 7.37. The number of ether oxygens (including phenoxy) is 3. The molecule has 1 atom stereocenters. The van der Waals surface area contributed by atoms with Gasteiger partial charge < -0.3 is 19.9 Å². The predicted octanol–water partition coefficient (Wildman–Crippen LogP) is 2.13. The zero-order valence-corrected chi connectivity index (χ0v) is 11.0. The first kappa shape index (κ1) is 13.2. The molecule has 0 aliphatic carbocycles. The Bertz CT molecular complexity index is 366. The highest BCUT2D eigenvalue weighted by atomic mass is 16.5. The van der Waals surface area contributed by atoms with Gasteiger partial charge in [-0.15, -0.1) is 0 Å². The maximum absolute atomic E-state index is 6.41. The van der Waals surface area contributed by atoms with Gasteiger partial charge in [-0.1, -0.05) is 6.07 Å². The second kappa shape index (κ2) is 6.07. The third-order valence-electron chi connectivity index (χ3n) is 3.57. The highest BCUT2D eigenvalue weighted by Crippen LogP contribution is 2.38. The fourth-order valence-corrected chi connectivity index (χ4v) is 2.52. The van der Waals surface area contributed by atoms with E-state index in [-0.39, 0.29) is 6.04 Å². The van der Waals surface area contributed by atoms with Gasteiger partial charge >= 0.3 is 0 Å². The van der Waals surface area contributed by atoms with Crippen molar-refractivity contribution in [2.75, 3.05) is 27.4 Å². The maximum Gasteiger partial charge on any atom is 0.127 e. The smallest absolute Gasteiger partial charge is 0.127 e. The molecular weight excluding hydrogens is 230 g/mol. The van der Waals surface area contributed by atoms with Crippen LogP contribution in [0.3, 0.4) is 0 Å². The van der Waals surface area contributed by atoms with Gasteiger partial charge in [-0.2, -0.15) is 0 Å². The molecule has 0 aromatic heterocycles. The monoisotopic (exact) mass is 251 g/mol. The number of benzene rings is 1. The summed E-state index contributed by atoms with van der Waals surface area (Å²) >= 11 is 0. The topological polar surface area (TPSA) is 53.7 Å². The molecule has 0 amide bonds. The Labute approximate surface area is 108 Å². The van der Waals surface area contributed by atoms with Gasteiger partial charge in [0.25, 0.3) is 0 Å². The van der Waals surface area contributed by atoms with E-state index < -0.39 is 0 Å². The normalized spacial score (nSPS) is 18.4. The second-order valence-electron chi connectivity index (χ2n) is 4.55. The van der Waals surface area contributed by atoms with E-state index in [1.165, 1.54) is 0 Å². The van der Waals surface area contributed by atoms with Crippen LogP contribution >= 0.6 is 0 Å². The SMILES string of the molecule is COc1cccc(OC)c1C(N)C1CCOCC1. The Balaban J connectivity index is 2.29. The van der Waals surface area contributed by atoms with Gasteiger partial charge in [-0.25, -0.2) is 0 Å². The van der Waals surface area contributed by atoms with Gasteiger partial charge in [0.2, 0.25) is 0 Å². The molecule has 4 nitrogen and oxygen atoms in total. The van der Waals surface area contributed by atoms with E-state index in [1.54, 1.807) is 14.2 Å². The van der Waals surface area contributed by atoms with E-state index in [2.05, 4.69) is 0 Å². The van der Waals surface area contributed by atoms with Crippen molar-refractivity contribution in [2.45, 2.75) is 18.9 Å². The molecule has 0 saturated carbocycles. The zero-order chi connectivity index (χ0) is 13.0. The lowest BCUT2D eigenvalue weighted by atomic mass is 9.87. The van der Waals surface area contributed by atoms with Crippen molar-refractivity contribution in [3.05, 3.63) is 23.8 Å². The molecule has 1 aliphatic heterocycles. The highest BCUT2D eigenvalue weighted by molar-refractivity contribution is 5.47. The van der Waals surface area contributed by atoms with Crippen LogP contribution in [0.1, 0.15) is 24.4 Å². The van der Waals surface area contributed by atoms with Crippen LogP contribution in [-0.4, -0.2) is 27.4 Å². The van der Waals surface area contributed by atoms with Crippen LogP contribution < -0.4 is 15.2 Å². The van der Waals surface area contributed by atoms with Crippen molar-refractivity contribution >= 4 is 0 Å². The summed E-state index contributed by atoms with van der Waals surface area (Å²) in [6, 6.07) is 5.70. The van der Waals surface area contributed by atoms with Crippen molar-refractivity contribution < 1.29 is 14.2 Å². The van der Waals surface area contributed by atoms with E-state index in [9.17, 15) is 0 Å². The van der Waals surface area contributed by atoms with Gasteiger partial charge in [0, 0.05) is 19.3 Å². The average molecular weight is 251 g/mol. The Morgan fingerprint density at radius 3 is 2.22 bits per heavy atom. The molecule has 1 aromatic carbocycles. The van der Waals surface area contributed by atoms with Gasteiger partial charge in [0.1, 0.15) is 11.5 Å². The summed E-state index contributed by atoms with van der Waals surface area (Å²) in [5, 5.41) is 0. The summed E-state index contributed by atoms with van der Waals surface area (Å²) in [6.45, 7) is 1.58. The van der Waals surface area contributed by atoms with Gasteiger partial charge in [0.15, 0.2) is 0 Å². The predicted molar refractivity (Wildman–Crippen MR) is 70.0 cm³/mol. The third kappa shape index (κ3) is 2.60. The van der Waals surface area contributed by atoms with Gasteiger partial charge in [0.05, 0.1) is 19.8 Å². The van der Waals surface area contributed by atoms with Crippen LogP contribution in [0.15, 0.2) is 18.2 Å². The molecule has 1 fully saturated rings. The van der Waals surface area contributed by atoms with Crippen LogP contribution in [0.2, 0.25) is 0 Å². The molecule has 0 spiro atoms. The number of methoxy groups -OCH3 is 2. The summed E-state index contributed by atoms with van der Waals surface area (Å²) in [7, 11) is 3.32. The molecule has 1 unspecified atom stereocenters. The van der Waals surface area contributed by atoms with Crippen molar-refractivity contribution in [1.29, 1.82) is 0 Å². The van der Waals surface area contributed by atoms with Crippen molar-refractivity contribution in [3.8, 4) is 11.5 Å². The first-order chi connectivity index (χ1) is 8.77. The molecule has 0 radical (unpaired) electrons. The van der Waals surface area contributed by atoms with Crippen molar-refractivity contribution in [3.63, 3.8) is 0 Å². The zero-order valence-electron chi connectivity index (χ0n) is 11.0. The lowest BCUT2D eigenvalue weighted by molar-refractivity contribution is 0.0578. The Morgan fingerprint density at radius 1 is 1.17 bits per heavy atom. The van der Waals surface area contributed by atoms with E-state index >= 15 is 0 Å².